The number of pyridine rings is 1. The second-order valence-corrected chi connectivity index (χ2v) is 6.98. The van der Waals surface area contributed by atoms with Crippen LogP contribution in [0.2, 0.25) is 0 Å². The van der Waals surface area contributed by atoms with Crippen LogP contribution in [0.15, 0.2) is 48.9 Å². The lowest BCUT2D eigenvalue weighted by Gasteiger charge is -2.22. The van der Waals surface area contributed by atoms with Crippen LogP contribution in [0.5, 0.6) is 5.75 Å². The number of rotatable bonds is 0. The van der Waals surface area contributed by atoms with Crippen molar-refractivity contribution in [2.24, 2.45) is 0 Å². The Morgan fingerprint density at radius 2 is 2.10 bits per heavy atom. The lowest BCUT2D eigenvalue weighted by Crippen LogP contribution is -2.15. The summed E-state index contributed by atoms with van der Waals surface area (Å²) in [6, 6.07) is 10.2. The number of benzene rings is 1. The van der Waals surface area contributed by atoms with Crippen molar-refractivity contribution in [3.8, 4) is 28.8 Å². The summed E-state index contributed by atoms with van der Waals surface area (Å²) in [6.45, 7) is 2.16. The van der Waals surface area contributed by atoms with Crippen molar-refractivity contribution in [2.75, 3.05) is 5.73 Å². The van der Waals surface area contributed by atoms with Crippen LogP contribution in [-0.2, 0) is 6.54 Å². The Morgan fingerprint density at radius 3 is 2.93 bits per heavy atom. The number of nitriles is 1. The molecule has 148 valence electrons. The Balaban J connectivity index is 1.81. The van der Waals surface area contributed by atoms with Crippen LogP contribution < -0.4 is 10.5 Å². The van der Waals surface area contributed by atoms with E-state index in [1.807, 2.05) is 13.0 Å². The molecule has 1 atom stereocenters. The van der Waals surface area contributed by atoms with E-state index in [1.165, 1.54) is 18.3 Å². The first-order valence-corrected chi connectivity index (χ1v) is 9.26. The molecule has 8 nitrogen and oxygen atoms in total. The Hall–Kier alpha value is -4.19. The van der Waals surface area contributed by atoms with Crippen LogP contribution in [0, 0.1) is 17.1 Å². The molecule has 1 aromatic carbocycles. The first-order chi connectivity index (χ1) is 14.5. The molecule has 1 aliphatic rings. The van der Waals surface area contributed by atoms with Crippen LogP contribution in [0.1, 0.15) is 29.8 Å². The Labute approximate surface area is 171 Å². The number of hydrogen-bond donors (Lipinski definition) is 1. The third kappa shape index (κ3) is 2.78. The molecule has 0 saturated carbocycles. The zero-order valence-electron chi connectivity index (χ0n) is 16.0. The first-order valence-electron chi connectivity index (χ1n) is 9.26. The standard InChI is InChI=1S/C21H16FN7O/c1-12-17-7-15(22)2-3-18(17)29-16(4-5-26-29)11-28-20(14(8-23)10-27-28)13-6-19(30-12)21(24)25-9-13/h2-7,9-10,12H,11H2,1H3,(H2,24,25)/t12-/m1/s1. The van der Waals surface area contributed by atoms with Crippen molar-refractivity contribution in [3.05, 3.63) is 71.6 Å². The van der Waals surface area contributed by atoms with Crippen LogP contribution >= 0.6 is 0 Å². The maximum Gasteiger partial charge on any atom is 0.166 e. The van der Waals surface area contributed by atoms with Gasteiger partial charge in [-0.15, -0.1) is 0 Å². The van der Waals surface area contributed by atoms with Gasteiger partial charge in [-0.1, -0.05) is 0 Å². The Morgan fingerprint density at radius 1 is 1.23 bits per heavy atom. The van der Waals surface area contributed by atoms with Gasteiger partial charge in [0.25, 0.3) is 0 Å². The molecule has 9 heteroatoms. The molecule has 0 spiro atoms. The second-order valence-electron chi connectivity index (χ2n) is 6.98. The molecule has 1 aliphatic heterocycles. The minimum Gasteiger partial charge on any atom is -0.482 e. The summed E-state index contributed by atoms with van der Waals surface area (Å²) < 4.78 is 23.6. The molecule has 4 aromatic rings. The van der Waals surface area contributed by atoms with E-state index in [0.29, 0.717) is 40.4 Å². The summed E-state index contributed by atoms with van der Waals surface area (Å²) in [5, 5.41) is 18.4. The van der Waals surface area contributed by atoms with Gasteiger partial charge in [-0.25, -0.2) is 14.1 Å². The summed E-state index contributed by atoms with van der Waals surface area (Å²) in [5.41, 5.74) is 9.81. The molecule has 4 heterocycles. The molecule has 5 rings (SSSR count). The molecule has 30 heavy (non-hydrogen) atoms. The number of ether oxygens (including phenoxy) is 1. The summed E-state index contributed by atoms with van der Waals surface area (Å²) in [5.74, 6) is 0.163. The number of aromatic nitrogens is 5. The van der Waals surface area contributed by atoms with Gasteiger partial charge in [0.05, 0.1) is 35.4 Å². The number of anilines is 1. The molecule has 0 amide bonds. The van der Waals surface area contributed by atoms with E-state index in [4.69, 9.17) is 10.5 Å². The molecular weight excluding hydrogens is 385 g/mol. The van der Waals surface area contributed by atoms with Crippen molar-refractivity contribution in [1.82, 2.24) is 24.5 Å². The Bertz CT molecular complexity index is 1320. The highest BCUT2D eigenvalue weighted by Crippen LogP contribution is 2.34. The van der Waals surface area contributed by atoms with Crippen LogP contribution in [0.25, 0.3) is 16.9 Å². The topological polar surface area (TPSA) is 108 Å². The van der Waals surface area contributed by atoms with Gasteiger partial charge >= 0.3 is 0 Å². The summed E-state index contributed by atoms with van der Waals surface area (Å²) >= 11 is 0. The molecule has 0 radical (unpaired) electrons. The highest BCUT2D eigenvalue weighted by atomic mass is 19.1. The maximum absolute atomic E-state index is 14.1. The lowest BCUT2D eigenvalue weighted by molar-refractivity contribution is 0.226. The average Bonchev–Trinajstić information content (AvgIpc) is 3.36. The Kier molecular flexibility index (Phi) is 3.99. The molecular formula is C21H16FN7O. The number of halogens is 1. The molecule has 2 N–H and O–H groups in total. The lowest BCUT2D eigenvalue weighted by atomic mass is 10.1. The van der Waals surface area contributed by atoms with Gasteiger partial charge in [0.15, 0.2) is 11.6 Å². The molecule has 2 bridgehead atoms. The van der Waals surface area contributed by atoms with Crippen LogP contribution in [0.3, 0.4) is 0 Å². The van der Waals surface area contributed by atoms with Crippen molar-refractivity contribution in [3.63, 3.8) is 0 Å². The third-order valence-corrected chi connectivity index (χ3v) is 5.11. The number of fused-ring (bicyclic) bond motifs is 7. The van der Waals surface area contributed by atoms with E-state index in [1.54, 1.807) is 33.9 Å². The number of nitrogen functional groups attached to an aromatic ring is 1. The summed E-state index contributed by atoms with van der Waals surface area (Å²) in [7, 11) is 0. The predicted octanol–water partition coefficient (Wildman–Crippen LogP) is 3.23. The van der Waals surface area contributed by atoms with Gasteiger partial charge in [-0.2, -0.15) is 15.5 Å². The summed E-state index contributed by atoms with van der Waals surface area (Å²) in [6.07, 6.45) is 4.23. The average molecular weight is 401 g/mol. The largest absolute Gasteiger partial charge is 0.482 e. The third-order valence-electron chi connectivity index (χ3n) is 5.11. The van der Waals surface area contributed by atoms with Gasteiger partial charge in [0.2, 0.25) is 0 Å². The number of hydrogen-bond acceptors (Lipinski definition) is 6. The van der Waals surface area contributed by atoms with Gasteiger partial charge < -0.3 is 10.5 Å². The zero-order valence-corrected chi connectivity index (χ0v) is 16.0. The normalized spacial score (nSPS) is 14.9. The molecule has 0 aliphatic carbocycles. The monoisotopic (exact) mass is 401 g/mol. The van der Waals surface area contributed by atoms with Gasteiger partial charge in [0, 0.05) is 23.5 Å². The summed E-state index contributed by atoms with van der Waals surface area (Å²) in [4.78, 5) is 4.24. The first kappa shape index (κ1) is 17.9. The van der Waals surface area contributed by atoms with Gasteiger partial charge in [-0.3, -0.25) is 4.68 Å². The number of nitrogens with zero attached hydrogens (tertiary/aromatic N) is 6. The van der Waals surface area contributed by atoms with Crippen molar-refractivity contribution >= 4 is 5.82 Å². The van der Waals surface area contributed by atoms with Gasteiger partial charge in [-0.05, 0) is 37.3 Å². The highest BCUT2D eigenvalue weighted by molar-refractivity contribution is 5.69. The van der Waals surface area contributed by atoms with E-state index in [2.05, 4.69) is 21.3 Å². The minimum absolute atomic E-state index is 0.199. The van der Waals surface area contributed by atoms with Crippen molar-refractivity contribution in [1.29, 1.82) is 5.26 Å². The van der Waals surface area contributed by atoms with Crippen molar-refractivity contribution < 1.29 is 9.13 Å². The molecule has 3 aromatic heterocycles. The van der Waals surface area contributed by atoms with E-state index in [9.17, 15) is 9.65 Å². The SMILES string of the molecule is C[C@H]1Oc2cc(cnc2N)-c2c(C#N)cnn2Cc2ccnn2-c2ccc(F)cc21. The number of nitrogens with two attached hydrogens (primary N) is 1. The van der Waals surface area contributed by atoms with E-state index < -0.39 is 6.10 Å². The van der Waals surface area contributed by atoms with Crippen molar-refractivity contribution in [2.45, 2.75) is 19.6 Å². The quantitative estimate of drug-likeness (QED) is 0.485. The highest BCUT2D eigenvalue weighted by Gasteiger charge is 2.22. The fraction of sp³-hybridized carbons (Fsp3) is 0.143. The maximum atomic E-state index is 14.1. The molecule has 0 saturated heterocycles. The minimum atomic E-state index is -0.535. The predicted molar refractivity (Wildman–Crippen MR) is 106 cm³/mol. The molecule has 0 fully saturated rings. The van der Waals surface area contributed by atoms with E-state index in [-0.39, 0.29) is 11.6 Å². The smallest absolute Gasteiger partial charge is 0.166 e. The molecule has 0 unspecified atom stereocenters. The van der Waals surface area contributed by atoms with Crippen LogP contribution in [-0.4, -0.2) is 24.5 Å². The fourth-order valence-electron chi connectivity index (χ4n) is 3.69. The van der Waals surface area contributed by atoms with E-state index >= 15 is 0 Å². The van der Waals surface area contributed by atoms with Gasteiger partial charge in [0.1, 0.15) is 18.0 Å². The fourth-order valence-corrected chi connectivity index (χ4v) is 3.69. The second kappa shape index (κ2) is 6.70. The van der Waals surface area contributed by atoms with E-state index in [0.717, 1.165) is 5.69 Å². The zero-order chi connectivity index (χ0) is 20.8. The van der Waals surface area contributed by atoms with Crippen LogP contribution in [0.4, 0.5) is 10.2 Å².